The maximum absolute atomic E-state index is 14.6. The molecule has 2 N–H and O–H groups in total. The maximum atomic E-state index is 14.6. The topological polar surface area (TPSA) is 76.0 Å². The molecule has 1 unspecified atom stereocenters. The summed E-state index contributed by atoms with van der Waals surface area (Å²) < 4.78 is 26.4. The Labute approximate surface area is 232 Å². The number of carboxylic acids is 1. The smallest absolute Gasteiger partial charge is 0.300 e. The molecule has 1 aliphatic carbocycles. The van der Waals surface area contributed by atoms with Gasteiger partial charge in [0.1, 0.15) is 23.9 Å². The normalized spacial score (nSPS) is 17.1. The van der Waals surface area contributed by atoms with E-state index in [-0.39, 0.29) is 12.4 Å². The predicted molar refractivity (Wildman–Crippen MR) is 155 cm³/mol. The van der Waals surface area contributed by atoms with Gasteiger partial charge in [-0.25, -0.2) is 4.39 Å². The van der Waals surface area contributed by atoms with Crippen LogP contribution in [0.1, 0.15) is 70.6 Å². The molecule has 1 aliphatic rings. The molecule has 0 heterocycles. The van der Waals surface area contributed by atoms with Gasteiger partial charge in [0.25, 0.3) is 5.97 Å². The number of carboxylic acid groups (broad SMARTS) is 1. The highest BCUT2D eigenvalue weighted by Gasteiger charge is 2.20. The van der Waals surface area contributed by atoms with Crippen LogP contribution < -0.4 is 4.74 Å². The molecule has 1 saturated carbocycles. The molecule has 0 radical (unpaired) electrons. The number of benzene rings is 2. The van der Waals surface area contributed by atoms with E-state index in [4.69, 9.17) is 19.4 Å². The minimum atomic E-state index is -0.833. The molecule has 0 aliphatic heterocycles. The highest BCUT2D eigenvalue weighted by atomic mass is 19.1. The van der Waals surface area contributed by atoms with Crippen LogP contribution in [0.15, 0.2) is 66.0 Å². The number of halogens is 1. The van der Waals surface area contributed by atoms with Crippen LogP contribution in [0.4, 0.5) is 4.39 Å². The Morgan fingerprint density at radius 3 is 2.31 bits per heavy atom. The van der Waals surface area contributed by atoms with E-state index in [2.05, 4.69) is 26.5 Å². The van der Waals surface area contributed by atoms with Crippen molar-refractivity contribution in [2.24, 2.45) is 5.92 Å². The number of allylic oxidation sites excluding steroid dienone is 4. The van der Waals surface area contributed by atoms with E-state index < -0.39 is 11.6 Å². The van der Waals surface area contributed by atoms with Gasteiger partial charge in [-0.1, -0.05) is 25.6 Å². The summed E-state index contributed by atoms with van der Waals surface area (Å²) in [7, 11) is 0. The van der Waals surface area contributed by atoms with E-state index in [1.54, 1.807) is 19.9 Å². The maximum Gasteiger partial charge on any atom is 0.300 e. The number of rotatable bonds is 9. The Morgan fingerprint density at radius 1 is 1.15 bits per heavy atom. The Hall–Kier alpha value is -3.38. The lowest BCUT2D eigenvalue weighted by atomic mass is 9.94. The number of aliphatic carboxylic acids is 1. The van der Waals surface area contributed by atoms with Crippen LogP contribution in [-0.2, 0) is 16.1 Å². The van der Waals surface area contributed by atoms with Crippen LogP contribution in [-0.4, -0.2) is 28.4 Å². The van der Waals surface area contributed by atoms with Gasteiger partial charge in [0, 0.05) is 18.9 Å². The summed E-state index contributed by atoms with van der Waals surface area (Å²) in [6.45, 7) is 17.6. The zero-order valence-corrected chi connectivity index (χ0v) is 24.4. The van der Waals surface area contributed by atoms with E-state index in [1.807, 2.05) is 38.1 Å². The van der Waals surface area contributed by atoms with Crippen molar-refractivity contribution in [2.75, 3.05) is 6.61 Å². The first kappa shape index (κ1) is 31.8. The van der Waals surface area contributed by atoms with E-state index in [0.717, 1.165) is 47.8 Å². The average molecular weight is 539 g/mol. The molecule has 0 aromatic heterocycles. The fourth-order valence-corrected chi connectivity index (χ4v) is 4.67. The second-order valence-corrected chi connectivity index (χ2v) is 10.9. The van der Waals surface area contributed by atoms with Gasteiger partial charge in [-0.05, 0) is 117 Å². The van der Waals surface area contributed by atoms with Crippen molar-refractivity contribution in [2.45, 2.75) is 79.9 Å². The number of aliphatic hydroxyl groups is 1. The summed E-state index contributed by atoms with van der Waals surface area (Å²) >= 11 is 0. The van der Waals surface area contributed by atoms with Gasteiger partial charge < -0.3 is 19.7 Å². The first-order valence-electron chi connectivity index (χ1n) is 13.3. The van der Waals surface area contributed by atoms with Gasteiger partial charge in [0.15, 0.2) is 0 Å². The first-order valence-corrected chi connectivity index (χ1v) is 13.3. The van der Waals surface area contributed by atoms with E-state index in [0.29, 0.717) is 30.3 Å². The fourth-order valence-electron chi connectivity index (χ4n) is 4.67. The summed E-state index contributed by atoms with van der Waals surface area (Å²) in [5.41, 5.74) is 6.42. The Bertz CT molecular complexity index is 1210. The zero-order valence-electron chi connectivity index (χ0n) is 24.4. The zero-order chi connectivity index (χ0) is 29.3. The molecule has 2 aromatic rings. The molecular formula is C33H43FO5. The van der Waals surface area contributed by atoms with Crippen LogP contribution in [0.3, 0.4) is 0 Å². The van der Waals surface area contributed by atoms with Crippen molar-refractivity contribution in [3.63, 3.8) is 0 Å². The van der Waals surface area contributed by atoms with E-state index in [1.165, 1.54) is 17.2 Å². The number of aryl methyl sites for hydroxylation is 2. The Morgan fingerprint density at radius 2 is 1.74 bits per heavy atom. The molecule has 0 amide bonds. The van der Waals surface area contributed by atoms with Crippen LogP contribution in [0.2, 0.25) is 0 Å². The summed E-state index contributed by atoms with van der Waals surface area (Å²) in [6.07, 6.45) is 6.78. The summed E-state index contributed by atoms with van der Waals surface area (Å²) in [5, 5.41) is 17.3. The molecule has 1 atom stereocenters. The third-order valence-electron chi connectivity index (χ3n) is 6.47. The summed E-state index contributed by atoms with van der Waals surface area (Å²) in [5.74, 6) is 0.821. The molecule has 3 rings (SSSR count). The minimum Gasteiger partial charge on any atom is -0.493 e. The molecule has 1 fully saturated rings. The highest BCUT2D eigenvalue weighted by Crippen LogP contribution is 2.36. The molecule has 6 heteroatoms. The van der Waals surface area contributed by atoms with Crippen molar-refractivity contribution in [1.82, 2.24) is 0 Å². The number of ether oxygens (including phenoxy) is 2. The minimum absolute atomic E-state index is 0.124. The number of hydrogen-bond donors (Lipinski definition) is 2. The second-order valence-electron chi connectivity index (χ2n) is 10.9. The molecule has 0 bridgehead atoms. The monoisotopic (exact) mass is 538 g/mol. The number of hydrogen-bond acceptors (Lipinski definition) is 4. The third kappa shape index (κ3) is 10.4. The lowest BCUT2D eigenvalue weighted by molar-refractivity contribution is -0.134. The molecule has 0 saturated heterocycles. The van der Waals surface area contributed by atoms with Gasteiger partial charge in [-0.2, -0.15) is 0 Å². The molecule has 2 aromatic carbocycles. The van der Waals surface area contributed by atoms with Crippen LogP contribution in [0.5, 0.6) is 5.75 Å². The lowest BCUT2D eigenvalue weighted by Gasteiger charge is -2.18. The molecular weight excluding hydrogens is 495 g/mol. The molecule has 5 nitrogen and oxygen atoms in total. The van der Waals surface area contributed by atoms with Gasteiger partial charge in [0.05, 0.1) is 12.2 Å². The third-order valence-corrected chi connectivity index (χ3v) is 6.47. The molecule has 0 spiro atoms. The van der Waals surface area contributed by atoms with Crippen molar-refractivity contribution in [3.05, 3.63) is 88.5 Å². The quantitative estimate of drug-likeness (QED) is 0.316. The molecule has 39 heavy (non-hydrogen) atoms. The standard InChI is InChI=1S/C31H39FO3.C2H4O2/c1-8-24-13-20(2)14-26(24)17-23(5)35-19-27-18-25(9-10-29(27)32)30-21(3)15-28(16-22(30)4)34-12-11-31(6,7)33;1-2(3)4/h8-10,15-18,20,33H,5,11-14,19H2,1-4,6-7H3;1H3,(H,3,4)/b24-8-,26-17-;. The van der Waals surface area contributed by atoms with Crippen LogP contribution in [0, 0.1) is 25.6 Å². The fraction of sp³-hybridized carbons (Fsp3) is 0.424. The van der Waals surface area contributed by atoms with E-state index >= 15 is 0 Å². The van der Waals surface area contributed by atoms with Crippen LogP contribution >= 0.6 is 0 Å². The molecule has 212 valence electrons. The number of carbonyl (C=O) groups is 1. The Kier molecular flexibility index (Phi) is 11.5. The first-order chi connectivity index (χ1) is 18.2. The van der Waals surface area contributed by atoms with Crippen molar-refractivity contribution in [3.8, 4) is 16.9 Å². The highest BCUT2D eigenvalue weighted by molar-refractivity contribution is 5.72. The summed E-state index contributed by atoms with van der Waals surface area (Å²) in [4.78, 5) is 9.00. The largest absolute Gasteiger partial charge is 0.493 e. The van der Waals surface area contributed by atoms with Gasteiger partial charge in [0.2, 0.25) is 0 Å². The van der Waals surface area contributed by atoms with Gasteiger partial charge in [-0.15, -0.1) is 0 Å². The predicted octanol–water partition coefficient (Wildman–Crippen LogP) is 8.07. The van der Waals surface area contributed by atoms with Crippen LogP contribution in [0.25, 0.3) is 11.1 Å². The van der Waals surface area contributed by atoms with Gasteiger partial charge >= 0.3 is 0 Å². The second kappa shape index (κ2) is 14.1. The Balaban J connectivity index is 0.00000124. The van der Waals surface area contributed by atoms with Gasteiger partial charge in [-0.3, -0.25) is 4.79 Å². The summed E-state index contributed by atoms with van der Waals surface area (Å²) in [6, 6.07) is 9.13. The van der Waals surface area contributed by atoms with Crippen molar-refractivity contribution < 1.29 is 28.9 Å². The van der Waals surface area contributed by atoms with E-state index in [9.17, 15) is 9.50 Å². The SMILES string of the molecule is C=C(/C=C1/CC(C)C/C1=C/C)OCc1cc(-c2c(C)cc(OCCC(C)(C)O)cc2C)ccc1F.CC(=O)O. The van der Waals surface area contributed by atoms with Crippen molar-refractivity contribution >= 4 is 5.97 Å². The average Bonchev–Trinajstić information content (AvgIpc) is 3.16. The lowest BCUT2D eigenvalue weighted by Crippen LogP contribution is -2.21. The van der Waals surface area contributed by atoms with Crippen molar-refractivity contribution in [1.29, 1.82) is 0 Å².